The predicted molar refractivity (Wildman–Crippen MR) is 88.5 cm³/mol. The molecule has 0 aliphatic heterocycles. The topological polar surface area (TPSA) is 77.8 Å². The maximum atomic E-state index is 12.5. The minimum absolute atomic E-state index is 0.0371. The number of carboxylic acid groups (broad SMARTS) is 1. The number of carbonyl (C=O) groups excluding carboxylic acids is 1. The molecule has 0 bridgehead atoms. The van der Waals surface area contributed by atoms with Crippen LogP contribution in [0.25, 0.3) is 0 Å². The average molecular weight is 313 g/mol. The first-order valence-corrected chi connectivity index (χ1v) is 7.44. The van der Waals surface area contributed by atoms with Crippen LogP contribution in [0.15, 0.2) is 42.5 Å². The maximum absolute atomic E-state index is 12.5. The van der Waals surface area contributed by atoms with Crippen molar-refractivity contribution in [2.45, 2.75) is 13.8 Å². The van der Waals surface area contributed by atoms with Crippen LogP contribution in [0.1, 0.15) is 40.1 Å². The van der Waals surface area contributed by atoms with Gasteiger partial charge in [-0.25, -0.2) is 4.79 Å². The molecule has 0 saturated carbocycles. The van der Waals surface area contributed by atoms with E-state index in [4.69, 9.17) is 5.11 Å². The lowest BCUT2D eigenvalue weighted by molar-refractivity contribution is 0.0697. The van der Waals surface area contributed by atoms with E-state index in [1.54, 1.807) is 18.2 Å². The molecule has 0 aliphatic carbocycles. The number of benzene rings is 2. The number of carbonyl (C=O) groups is 2. The molecule has 0 unspecified atom stereocenters. The van der Waals surface area contributed by atoms with E-state index in [1.807, 2.05) is 13.8 Å². The number of nitrogens with zero attached hydrogens (tertiary/aromatic N) is 1. The maximum Gasteiger partial charge on any atom is 0.335 e. The van der Waals surface area contributed by atoms with Crippen molar-refractivity contribution in [2.24, 2.45) is 0 Å². The van der Waals surface area contributed by atoms with Gasteiger partial charge in [0.25, 0.3) is 0 Å². The van der Waals surface area contributed by atoms with Gasteiger partial charge in [0.2, 0.25) is 0 Å². The van der Waals surface area contributed by atoms with E-state index in [2.05, 4.69) is 4.90 Å². The fourth-order valence-corrected chi connectivity index (χ4v) is 2.45. The third-order valence-corrected chi connectivity index (χ3v) is 3.73. The lowest BCUT2D eigenvalue weighted by Crippen LogP contribution is -2.21. The first-order chi connectivity index (χ1) is 11.0. The van der Waals surface area contributed by atoms with Crippen molar-refractivity contribution in [3.05, 3.63) is 59.2 Å². The van der Waals surface area contributed by atoms with Gasteiger partial charge >= 0.3 is 5.97 Å². The quantitative estimate of drug-likeness (QED) is 0.801. The minimum Gasteiger partial charge on any atom is -0.507 e. The average Bonchev–Trinajstić information content (AvgIpc) is 2.55. The summed E-state index contributed by atoms with van der Waals surface area (Å²) in [6, 6.07) is 10.7. The number of rotatable bonds is 6. The molecule has 0 aliphatic rings. The molecule has 5 nitrogen and oxygen atoms in total. The van der Waals surface area contributed by atoms with Crippen molar-refractivity contribution in [2.75, 3.05) is 18.0 Å². The molecule has 0 heterocycles. The van der Waals surface area contributed by atoms with Crippen molar-refractivity contribution in [1.29, 1.82) is 0 Å². The van der Waals surface area contributed by atoms with E-state index < -0.39 is 11.8 Å². The van der Waals surface area contributed by atoms with Crippen LogP contribution in [0.3, 0.4) is 0 Å². The highest BCUT2D eigenvalue weighted by atomic mass is 16.4. The highest BCUT2D eigenvalue weighted by Gasteiger charge is 2.16. The normalized spacial score (nSPS) is 10.3. The van der Waals surface area contributed by atoms with Gasteiger partial charge in [0.15, 0.2) is 5.78 Å². The third-order valence-electron chi connectivity index (χ3n) is 3.73. The Bertz CT molecular complexity index is 736. The van der Waals surface area contributed by atoms with Gasteiger partial charge in [-0.05, 0) is 38.1 Å². The Kier molecular flexibility index (Phi) is 5.01. The van der Waals surface area contributed by atoms with Crippen molar-refractivity contribution in [3.63, 3.8) is 0 Å². The van der Waals surface area contributed by atoms with Crippen LogP contribution in [-0.4, -0.2) is 35.1 Å². The first kappa shape index (κ1) is 16.5. The van der Waals surface area contributed by atoms with E-state index in [1.165, 1.54) is 24.3 Å². The highest BCUT2D eigenvalue weighted by Crippen LogP contribution is 2.27. The van der Waals surface area contributed by atoms with E-state index >= 15 is 0 Å². The fraction of sp³-hybridized carbons (Fsp3) is 0.222. The summed E-state index contributed by atoms with van der Waals surface area (Å²) in [5.74, 6) is -1.61. The number of anilines is 1. The summed E-state index contributed by atoms with van der Waals surface area (Å²) < 4.78 is 0. The van der Waals surface area contributed by atoms with Crippen LogP contribution in [0.4, 0.5) is 5.69 Å². The molecule has 2 rings (SSSR count). The molecular weight excluding hydrogens is 294 g/mol. The largest absolute Gasteiger partial charge is 0.507 e. The molecule has 0 fully saturated rings. The van der Waals surface area contributed by atoms with E-state index in [0.29, 0.717) is 0 Å². The smallest absolute Gasteiger partial charge is 0.335 e. The molecule has 0 saturated heterocycles. The van der Waals surface area contributed by atoms with Gasteiger partial charge in [-0.1, -0.05) is 12.1 Å². The van der Waals surface area contributed by atoms with Crippen molar-refractivity contribution < 1.29 is 19.8 Å². The van der Waals surface area contributed by atoms with Crippen LogP contribution < -0.4 is 4.90 Å². The fourth-order valence-electron chi connectivity index (χ4n) is 2.45. The first-order valence-electron chi connectivity index (χ1n) is 7.44. The standard InChI is InChI=1S/C18H19NO4/c1-3-19(4-2)14-8-9-15(16(20)11-14)17(21)12-6-5-7-13(10-12)18(22)23/h5-11,20H,3-4H2,1-2H3,(H,22,23). The molecule has 2 aromatic rings. The van der Waals surface area contributed by atoms with Crippen molar-refractivity contribution in [1.82, 2.24) is 0 Å². The number of aromatic carboxylic acids is 1. The summed E-state index contributed by atoms with van der Waals surface area (Å²) in [6.07, 6.45) is 0. The molecule has 2 N–H and O–H groups in total. The molecule has 0 atom stereocenters. The molecular formula is C18H19NO4. The van der Waals surface area contributed by atoms with Crippen LogP contribution in [0.2, 0.25) is 0 Å². The molecule has 0 radical (unpaired) electrons. The molecule has 120 valence electrons. The summed E-state index contributed by atoms with van der Waals surface area (Å²) in [4.78, 5) is 25.5. The lowest BCUT2D eigenvalue weighted by atomic mass is 10.00. The zero-order valence-corrected chi connectivity index (χ0v) is 13.1. The Morgan fingerprint density at radius 3 is 2.22 bits per heavy atom. The van der Waals surface area contributed by atoms with Gasteiger partial charge in [-0.2, -0.15) is 0 Å². The number of hydrogen-bond acceptors (Lipinski definition) is 4. The number of hydrogen-bond donors (Lipinski definition) is 2. The second-order valence-electron chi connectivity index (χ2n) is 5.09. The van der Waals surface area contributed by atoms with Gasteiger partial charge in [0.1, 0.15) is 5.75 Å². The summed E-state index contributed by atoms with van der Waals surface area (Å²) in [7, 11) is 0. The second-order valence-corrected chi connectivity index (χ2v) is 5.09. The van der Waals surface area contributed by atoms with Gasteiger partial charge in [-0.15, -0.1) is 0 Å². The number of phenolic OH excluding ortho intramolecular Hbond substituents is 1. The second kappa shape index (κ2) is 6.96. The number of ketones is 1. The van der Waals surface area contributed by atoms with Crippen molar-refractivity contribution in [3.8, 4) is 5.75 Å². The number of phenols is 1. The van der Waals surface area contributed by atoms with Crippen LogP contribution in [-0.2, 0) is 0 Å². The monoisotopic (exact) mass is 313 g/mol. The summed E-state index contributed by atoms with van der Waals surface area (Å²) in [6.45, 7) is 5.61. The minimum atomic E-state index is -1.10. The molecule has 0 spiro atoms. The van der Waals surface area contributed by atoms with E-state index in [0.717, 1.165) is 18.8 Å². The summed E-state index contributed by atoms with van der Waals surface area (Å²) in [5, 5.41) is 19.2. The zero-order valence-electron chi connectivity index (χ0n) is 13.1. The Morgan fingerprint density at radius 2 is 1.65 bits per heavy atom. The van der Waals surface area contributed by atoms with E-state index in [-0.39, 0.29) is 22.4 Å². The highest BCUT2D eigenvalue weighted by molar-refractivity contribution is 6.11. The molecule has 23 heavy (non-hydrogen) atoms. The van der Waals surface area contributed by atoms with Gasteiger partial charge in [0.05, 0.1) is 11.1 Å². The zero-order chi connectivity index (χ0) is 17.0. The van der Waals surface area contributed by atoms with Gasteiger partial charge in [-0.3, -0.25) is 4.79 Å². The summed E-state index contributed by atoms with van der Waals surface area (Å²) in [5.41, 5.74) is 1.26. The molecule has 2 aromatic carbocycles. The predicted octanol–water partition coefficient (Wildman–Crippen LogP) is 3.17. The Balaban J connectivity index is 2.36. The Hall–Kier alpha value is -2.82. The van der Waals surface area contributed by atoms with Crippen molar-refractivity contribution >= 4 is 17.4 Å². The Morgan fingerprint density at radius 1 is 1.00 bits per heavy atom. The molecule has 0 aromatic heterocycles. The Labute approximate surface area is 134 Å². The lowest BCUT2D eigenvalue weighted by Gasteiger charge is -2.21. The van der Waals surface area contributed by atoms with Crippen LogP contribution in [0, 0.1) is 0 Å². The van der Waals surface area contributed by atoms with Gasteiger partial charge < -0.3 is 15.1 Å². The van der Waals surface area contributed by atoms with Crippen LogP contribution in [0.5, 0.6) is 5.75 Å². The van der Waals surface area contributed by atoms with Crippen LogP contribution >= 0.6 is 0 Å². The third kappa shape index (κ3) is 3.51. The SMILES string of the molecule is CCN(CC)c1ccc(C(=O)c2cccc(C(=O)O)c2)c(O)c1. The summed E-state index contributed by atoms with van der Waals surface area (Å²) >= 11 is 0. The number of aromatic hydroxyl groups is 1. The van der Waals surface area contributed by atoms with E-state index in [9.17, 15) is 14.7 Å². The number of carboxylic acids is 1. The molecule has 0 amide bonds. The molecule has 5 heteroatoms. The van der Waals surface area contributed by atoms with Gasteiger partial charge in [0, 0.05) is 30.4 Å².